The van der Waals surface area contributed by atoms with Gasteiger partial charge in [0.25, 0.3) is 0 Å². The van der Waals surface area contributed by atoms with Crippen LogP contribution in [0.4, 0.5) is 0 Å². The smallest absolute Gasteiger partial charge is 0.119 e. The van der Waals surface area contributed by atoms with Crippen molar-refractivity contribution in [2.24, 2.45) is 5.41 Å². The van der Waals surface area contributed by atoms with E-state index >= 15 is 0 Å². The third-order valence-corrected chi connectivity index (χ3v) is 4.95. The highest BCUT2D eigenvalue weighted by Crippen LogP contribution is 2.60. The predicted molar refractivity (Wildman–Crippen MR) is 69.4 cm³/mol. The summed E-state index contributed by atoms with van der Waals surface area (Å²) >= 11 is 0. The molecular formula is C15H18O5. The Balaban J connectivity index is 1.84. The highest BCUT2D eigenvalue weighted by Gasteiger charge is 2.60. The molecule has 2 saturated heterocycles. The molecule has 20 heavy (non-hydrogen) atoms. The fourth-order valence-corrected chi connectivity index (χ4v) is 3.89. The summed E-state index contributed by atoms with van der Waals surface area (Å²) in [6.45, 7) is 0.571. The van der Waals surface area contributed by atoms with Gasteiger partial charge in [-0.2, -0.15) is 0 Å². The number of aliphatic hydroxyl groups is 2. The Morgan fingerprint density at radius 2 is 2.10 bits per heavy atom. The van der Waals surface area contributed by atoms with Crippen molar-refractivity contribution in [1.29, 1.82) is 0 Å². The van der Waals surface area contributed by atoms with Gasteiger partial charge in [-0.25, -0.2) is 0 Å². The van der Waals surface area contributed by atoms with Crippen LogP contribution in [-0.4, -0.2) is 42.7 Å². The quantitative estimate of drug-likeness (QED) is 0.800. The fraction of sp³-hybridized carbons (Fsp3) is 0.600. The SMILES string of the molecule is COc1ccc2c(c1)[C@@H]1C[C@@]3(CO1)C2OC[C@@H](O)[C@H]3O. The number of ether oxygens (including phenoxy) is 3. The molecule has 2 bridgehead atoms. The highest BCUT2D eigenvalue weighted by molar-refractivity contribution is 5.43. The van der Waals surface area contributed by atoms with E-state index in [0.717, 1.165) is 16.9 Å². The second-order valence-electron chi connectivity index (χ2n) is 5.96. The molecule has 108 valence electrons. The summed E-state index contributed by atoms with van der Waals surface area (Å²) in [5.41, 5.74) is 1.60. The molecule has 5 heteroatoms. The van der Waals surface area contributed by atoms with Crippen molar-refractivity contribution in [3.05, 3.63) is 29.3 Å². The lowest BCUT2D eigenvalue weighted by Gasteiger charge is -2.48. The average molecular weight is 278 g/mol. The Bertz CT molecular complexity index is 545. The first kappa shape index (κ1) is 12.6. The van der Waals surface area contributed by atoms with Gasteiger partial charge in [-0.05, 0) is 29.7 Å². The number of methoxy groups -OCH3 is 1. The van der Waals surface area contributed by atoms with Crippen molar-refractivity contribution in [1.82, 2.24) is 0 Å². The number of hydrogen-bond donors (Lipinski definition) is 2. The molecular weight excluding hydrogens is 260 g/mol. The van der Waals surface area contributed by atoms with Gasteiger partial charge >= 0.3 is 0 Å². The largest absolute Gasteiger partial charge is 0.497 e. The third kappa shape index (κ3) is 1.46. The van der Waals surface area contributed by atoms with Gasteiger partial charge in [-0.3, -0.25) is 0 Å². The molecule has 2 heterocycles. The fourth-order valence-electron chi connectivity index (χ4n) is 3.89. The van der Waals surface area contributed by atoms with Gasteiger partial charge in [-0.1, -0.05) is 6.07 Å². The molecule has 1 unspecified atom stereocenters. The van der Waals surface area contributed by atoms with Gasteiger partial charge in [-0.15, -0.1) is 0 Å². The van der Waals surface area contributed by atoms with Crippen molar-refractivity contribution in [3.63, 3.8) is 0 Å². The van der Waals surface area contributed by atoms with E-state index < -0.39 is 17.6 Å². The van der Waals surface area contributed by atoms with Crippen molar-refractivity contribution < 1.29 is 24.4 Å². The number of rotatable bonds is 1. The first-order valence-corrected chi connectivity index (χ1v) is 6.93. The lowest BCUT2D eigenvalue weighted by atomic mass is 9.65. The minimum Gasteiger partial charge on any atom is -0.497 e. The van der Waals surface area contributed by atoms with Crippen molar-refractivity contribution in [3.8, 4) is 5.75 Å². The van der Waals surface area contributed by atoms with E-state index in [1.807, 2.05) is 18.2 Å². The van der Waals surface area contributed by atoms with Crippen LogP contribution < -0.4 is 4.74 Å². The van der Waals surface area contributed by atoms with Crippen LogP contribution in [0.25, 0.3) is 0 Å². The summed E-state index contributed by atoms with van der Waals surface area (Å²) in [7, 11) is 1.64. The summed E-state index contributed by atoms with van der Waals surface area (Å²) in [5.74, 6) is 0.795. The predicted octanol–water partition coefficient (Wildman–Crippen LogP) is 0.950. The average Bonchev–Trinajstić information content (AvgIpc) is 2.86. The Morgan fingerprint density at radius 3 is 2.90 bits per heavy atom. The summed E-state index contributed by atoms with van der Waals surface area (Å²) < 4.78 is 17.0. The van der Waals surface area contributed by atoms with Gasteiger partial charge in [0, 0.05) is 0 Å². The molecule has 2 aliphatic heterocycles. The summed E-state index contributed by atoms with van der Waals surface area (Å²) in [5, 5.41) is 20.4. The molecule has 5 nitrogen and oxygen atoms in total. The Labute approximate surface area is 117 Å². The maximum absolute atomic E-state index is 10.4. The summed E-state index contributed by atoms with van der Waals surface area (Å²) in [4.78, 5) is 0. The highest BCUT2D eigenvalue weighted by atomic mass is 16.5. The number of fused-ring (bicyclic) bond motifs is 4. The lowest BCUT2D eigenvalue weighted by Crippen LogP contribution is -2.55. The molecule has 1 aromatic carbocycles. The molecule has 2 fully saturated rings. The maximum atomic E-state index is 10.4. The maximum Gasteiger partial charge on any atom is 0.119 e. The van der Waals surface area contributed by atoms with Crippen LogP contribution >= 0.6 is 0 Å². The van der Waals surface area contributed by atoms with E-state index in [2.05, 4.69) is 0 Å². The second-order valence-corrected chi connectivity index (χ2v) is 5.96. The standard InChI is InChI=1S/C15H18O5/c1-18-8-2-3-9-10(4-8)12-5-15(7-20-12)13(17)11(16)6-19-14(9)15/h2-4,11-14,16-17H,5-7H2,1H3/t11-,12+,13-,14?,15+/m1/s1. The van der Waals surface area contributed by atoms with Gasteiger partial charge in [0.15, 0.2) is 0 Å². The topological polar surface area (TPSA) is 68.2 Å². The number of aliphatic hydroxyl groups excluding tert-OH is 2. The van der Waals surface area contributed by atoms with Gasteiger partial charge in [0.1, 0.15) is 11.9 Å². The minimum atomic E-state index is -0.839. The van der Waals surface area contributed by atoms with E-state index in [0.29, 0.717) is 13.0 Å². The van der Waals surface area contributed by atoms with Crippen LogP contribution in [0.15, 0.2) is 18.2 Å². The van der Waals surface area contributed by atoms with Crippen molar-refractivity contribution in [2.45, 2.75) is 30.8 Å². The van der Waals surface area contributed by atoms with E-state index in [1.165, 1.54) is 0 Å². The zero-order valence-corrected chi connectivity index (χ0v) is 11.3. The van der Waals surface area contributed by atoms with E-state index in [-0.39, 0.29) is 18.8 Å². The summed E-state index contributed by atoms with van der Waals surface area (Å²) in [6.07, 6.45) is -1.24. The van der Waals surface area contributed by atoms with Crippen LogP contribution in [0.3, 0.4) is 0 Å². The molecule has 0 aromatic heterocycles. The Hall–Kier alpha value is -1.14. The number of hydrogen-bond acceptors (Lipinski definition) is 5. The van der Waals surface area contributed by atoms with Gasteiger partial charge in [0.05, 0.1) is 44.1 Å². The molecule has 1 aromatic rings. The van der Waals surface area contributed by atoms with Crippen LogP contribution in [-0.2, 0) is 9.47 Å². The Morgan fingerprint density at radius 1 is 1.25 bits per heavy atom. The van der Waals surface area contributed by atoms with Crippen LogP contribution in [0.2, 0.25) is 0 Å². The minimum absolute atomic E-state index is 0.0556. The third-order valence-electron chi connectivity index (χ3n) is 4.95. The van der Waals surface area contributed by atoms with E-state index in [1.54, 1.807) is 7.11 Å². The lowest BCUT2D eigenvalue weighted by molar-refractivity contribution is -0.208. The second kappa shape index (κ2) is 4.18. The van der Waals surface area contributed by atoms with Gasteiger partial charge in [0.2, 0.25) is 0 Å². The molecule has 0 saturated carbocycles. The normalized spacial score (nSPS) is 42.0. The van der Waals surface area contributed by atoms with E-state index in [9.17, 15) is 10.2 Å². The van der Waals surface area contributed by atoms with E-state index in [4.69, 9.17) is 14.2 Å². The van der Waals surface area contributed by atoms with Crippen LogP contribution in [0.5, 0.6) is 5.75 Å². The first-order chi connectivity index (χ1) is 9.65. The molecule has 2 N–H and O–H groups in total. The summed E-state index contributed by atoms with van der Waals surface area (Å²) in [6, 6.07) is 5.87. The monoisotopic (exact) mass is 278 g/mol. The zero-order valence-electron chi connectivity index (χ0n) is 11.3. The molecule has 0 amide bonds. The molecule has 3 aliphatic rings. The van der Waals surface area contributed by atoms with Crippen molar-refractivity contribution in [2.75, 3.05) is 20.3 Å². The number of benzene rings is 1. The molecule has 4 rings (SSSR count). The molecule has 0 radical (unpaired) electrons. The van der Waals surface area contributed by atoms with Gasteiger partial charge < -0.3 is 24.4 Å². The zero-order chi connectivity index (χ0) is 13.9. The Kier molecular flexibility index (Phi) is 2.63. The molecule has 5 atom stereocenters. The van der Waals surface area contributed by atoms with Crippen molar-refractivity contribution >= 4 is 0 Å². The first-order valence-electron chi connectivity index (χ1n) is 6.93. The molecule has 1 aliphatic carbocycles. The molecule has 1 spiro atoms. The van der Waals surface area contributed by atoms with Crippen LogP contribution in [0.1, 0.15) is 29.8 Å². The van der Waals surface area contributed by atoms with Crippen LogP contribution in [0, 0.1) is 5.41 Å².